The molecule has 0 unspecified atom stereocenters. The summed E-state index contributed by atoms with van der Waals surface area (Å²) in [5.74, 6) is 1.14. The smallest absolute Gasteiger partial charge is 0.230 e. The van der Waals surface area contributed by atoms with Crippen molar-refractivity contribution in [2.75, 3.05) is 12.3 Å². The van der Waals surface area contributed by atoms with Crippen molar-refractivity contribution in [3.63, 3.8) is 0 Å². The van der Waals surface area contributed by atoms with Crippen LogP contribution in [-0.2, 0) is 4.79 Å². The Morgan fingerprint density at radius 3 is 3.09 bits per heavy atom. The summed E-state index contributed by atoms with van der Waals surface area (Å²) in [5.41, 5.74) is 1.99. The molecule has 1 aromatic heterocycles. The number of imidazole rings is 1. The molecule has 1 N–H and O–H groups in total. The molecule has 1 fully saturated rings. The maximum atomic E-state index is 11.8. The van der Waals surface area contributed by atoms with E-state index in [1.165, 1.54) is 24.6 Å². The van der Waals surface area contributed by atoms with Crippen molar-refractivity contribution in [1.29, 1.82) is 0 Å². The molecule has 4 nitrogen and oxygen atoms in total. The second-order valence-electron chi connectivity index (χ2n) is 5.50. The number of amides is 1. The van der Waals surface area contributed by atoms with Crippen LogP contribution in [0.2, 0.25) is 5.02 Å². The average molecular weight is 336 g/mol. The first-order valence-electron chi connectivity index (χ1n) is 7.33. The number of aromatic nitrogens is 2. The average Bonchev–Trinajstić information content (AvgIpc) is 3.23. The maximum Gasteiger partial charge on any atom is 0.230 e. The first-order chi connectivity index (χ1) is 10.6. The van der Waals surface area contributed by atoms with Crippen molar-refractivity contribution in [2.45, 2.75) is 24.9 Å². The van der Waals surface area contributed by atoms with Crippen molar-refractivity contribution in [2.24, 2.45) is 5.92 Å². The second kappa shape index (κ2) is 6.75. The van der Waals surface area contributed by atoms with Gasteiger partial charge in [-0.15, -0.1) is 0 Å². The van der Waals surface area contributed by atoms with Crippen LogP contribution < -0.4 is 5.32 Å². The van der Waals surface area contributed by atoms with E-state index in [0.717, 1.165) is 28.0 Å². The topological polar surface area (TPSA) is 46.9 Å². The first kappa shape index (κ1) is 15.4. The van der Waals surface area contributed by atoms with Gasteiger partial charge in [-0.1, -0.05) is 29.4 Å². The predicted octanol–water partition coefficient (Wildman–Crippen LogP) is 3.45. The van der Waals surface area contributed by atoms with E-state index in [1.54, 1.807) is 6.20 Å². The van der Waals surface area contributed by atoms with Crippen molar-refractivity contribution in [3.05, 3.63) is 41.2 Å². The Kier molecular flexibility index (Phi) is 4.74. The number of thioether (sulfide) groups is 1. The van der Waals surface area contributed by atoms with Gasteiger partial charge in [0, 0.05) is 24.0 Å². The molecule has 0 radical (unpaired) electrons. The molecule has 1 aromatic carbocycles. The summed E-state index contributed by atoms with van der Waals surface area (Å²) < 4.78 is 1.97. The number of benzene rings is 1. The molecule has 1 heterocycles. The standard InChI is InChI=1S/C16H18ClN3OS/c1-11-13(17)3-2-4-14(11)20-8-7-18-16(20)22-10-15(21)19-9-12-5-6-12/h2-4,7-8,12H,5-6,9-10H2,1H3,(H,19,21). The van der Waals surface area contributed by atoms with Gasteiger partial charge >= 0.3 is 0 Å². The fraction of sp³-hybridized carbons (Fsp3) is 0.375. The molecule has 0 bridgehead atoms. The van der Waals surface area contributed by atoms with Crippen molar-refractivity contribution >= 4 is 29.3 Å². The van der Waals surface area contributed by atoms with E-state index in [0.29, 0.717) is 11.7 Å². The van der Waals surface area contributed by atoms with Crippen LogP contribution >= 0.6 is 23.4 Å². The number of nitrogens with zero attached hydrogens (tertiary/aromatic N) is 2. The molecule has 1 aliphatic rings. The van der Waals surface area contributed by atoms with Crippen LogP contribution in [0.4, 0.5) is 0 Å². The monoisotopic (exact) mass is 335 g/mol. The minimum absolute atomic E-state index is 0.0641. The van der Waals surface area contributed by atoms with Gasteiger partial charge in [-0.05, 0) is 43.4 Å². The number of carbonyl (C=O) groups excluding carboxylic acids is 1. The van der Waals surface area contributed by atoms with Crippen LogP contribution in [0.25, 0.3) is 5.69 Å². The molecule has 0 aliphatic heterocycles. The van der Waals surface area contributed by atoms with Gasteiger partial charge in [-0.2, -0.15) is 0 Å². The van der Waals surface area contributed by atoms with Crippen LogP contribution in [0.1, 0.15) is 18.4 Å². The van der Waals surface area contributed by atoms with E-state index in [1.807, 2.05) is 35.9 Å². The number of hydrogen-bond acceptors (Lipinski definition) is 3. The SMILES string of the molecule is Cc1c(Cl)cccc1-n1ccnc1SCC(=O)NCC1CC1. The first-order valence-corrected chi connectivity index (χ1v) is 8.70. The van der Waals surface area contributed by atoms with Crippen molar-refractivity contribution in [1.82, 2.24) is 14.9 Å². The molecule has 1 amide bonds. The lowest BCUT2D eigenvalue weighted by Crippen LogP contribution is -2.27. The molecule has 1 saturated carbocycles. The third-order valence-electron chi connectivity index (χ3n) is 3.72. The fourth-order valence-electron chi connectivity index (χ4n) is 2.20. The molecular formula is C16H18ClN3OS. The second-order valence-corrected chi connectivity index (χ2v) is 6.85. The van der Waals surface area contributed by atoms with Crippen LogP contribution in [0.3, 0.4) is 0 Å². The van der Waals surface area contributed by atoms with Gasteiger partial charge in [-0.25, -0.2) is 4.98 Å². The van der Waals surface area contributed by atoms with Gasteiger partial charge < -0.3 is 5.32 Å². The Bertz CT molecular complexity index is 682. The molecule has 0 saturated heterocycles. The summed E-state index contributed by atoms with van der Waals surface area (Å²) in [6.07, 6.45) is 6.12. The lowest BCUT2D eigenvalue weighted by Gasteiger charge is -2.11. The number of hydrogen-bond donors (Lipinski definition) is 1. The van der Waals surface area contributed by atoms with Crippen LogP contribution in [0.5, 0.6) is 0 Å². The summed E-state index contributed by atoms with van der Waals surface area (Å²) in [7, 11) is 0. The quantitative estimate of drug-likeness (QED) is 0.822. The Hall–Kier alpha value is -1.46. The molecule has 116 valence electrons. The highest BCUT2D eigenvalue weighted by Crippen LogP contribution is 2.28. The highest BCUT2D eigenvalue weighted by molar-refractivity contribution is 7.99. The van der Waals surface area contributed by atoms with E-state index in [-0.39, 0.29) is 5.91 Å². The van der Waals surface area contributed by atoms with Gasteiger partial charge in [0.25, 0.3) is 0 Å². The van der Waals surface area contributed by atoms with Gasteiger partial charge in [0.05, 0.1) is 11.4 Å². The zero-order valence-corrected chi connectivity index (χ0v) is 14.0. The lowest BCUT2D eigenvalue weighted by atomic mass is 10.2. The Balaban J connectivity index is 1.66. The molecule has 0 atom stereocenters. The van der Waals surface area contributed by atoms with E-state index in [9.17, 15) is 4.79 Å². The lowest BCUT2D eigenvalue weighted by molar-refractivity contribution is -0.118. The highest BCUT2D eigenvalue weighted by atomic mass is 35.5. The molecule has 22 heavy (non-hydrogen) atoms. The largest absolute Gasteiger partial charge is 0.355 e. The highest BCUT2D eigenvalue weighted by Gasteiger charge is 2.21. The fourth-order valence-corrected chi connectivity index (χ4v) is 3.16. The number of carbonyl (C=O) groups is 1. The molecule has 6 heteroatoms. The van der Waals surface area contributed by atoms with Gasteiger partial charge in [0.1, 0.15) is 0 Å². The van der Waals surface area contributed by atoms with Crippen molar-refractivity contribution < 1.29 is 4.79 Å². The normalized spacial score (nSPS) is 14.1. The Morgan fingerprint density at radius 2 is 2.32 bits per heavy atom. The molecular weight excluding hydrogens is 318 g/mol. The molecule has 2 aromatic rings. The molecule has 1 aliphatic carbocycles. The summed E-state index contributed by atoms with van der Waals surface area (Å²) in [6.45, 7) is 2.79. The summed E-state index contributed by atoms with van der Waals surface area (Å²) >= 11 is 7.62. The summed E-state index contributed by atoms with van der Waals surface area (Å²) in [4.78, 5) is 16.2. The number of rotatable bonds is 6. The number of nitrogens with one attached hydrogen (secondary N) is 1. The zero-order chi connectivity index (χ0) is 15.5. The zero-order valence-electron chi connectivity index (χ0n) is 12.4. The Labute approximate surface area is 139 Å². The van der Waals surface area contributed by atoms with E-state index >= 15 is 0 Å². The Morgan fingerprint density at radius 1 is 1.50 bits per heavy atom. The maximum absolute atomic E-state index is 11.8. The van der Waals surface area contributed by atoms with Crippen LogP contribution in [0.15, 0.2) is 35.7 Å². The van der Waals surface area contributed by atoms with Crippen LogP contribution in [-0.4, -0.2) is 27.8 Å². The third kappa shape index (κ3) is 3.65. The molecule has 3 rings (SSSR count). The molecule has 0 spiro atoms. The van der Waals surface area contributed by atoms with Crippen LogP contribution in [0, 0.1) is 12.8 Å². The number of halogens is 1. The summed E-state index contributed by atoms with van der Waals surface area (Å²) in [5, 5.41) is 4.49. The third-order valence-corrected chi connectivity index (χ3v) is 5.10. The minimum atomic E-state index is 0.0641. The van der Waals surface area contributed by atoms with Gasteiger partial charge in [0.15, 0.2) is 5.16 Å². The van der Waals surface area contributed by atoms with E-state index in [2.05, 4.69) is 10.3 Å². The summed E-state index contributed by atoms with van der Waals surface area (Å²) in [6, 6.07) is 5.79. The van der Waals surface area contributed by atoms with E-state index in [4.69, 9.17) is 11.6 Å². The van der Waals surface area contributed by atoms with Gasteiger partial charge in [-0.3, -0.25) is 9.36 Å². The predicted molar refractivity (Wildman–Crippen MR) is 89.8 cm³/mol. The van der Waals surface area contributed by atoms with Gasteiger partial charge in [0.2, 0.25) is 5.91 Å². The minimum Gasteiger partial charge on any atom is -0.355 e. The van der Waals surface area contributed by atoms with E-state index < -0.39 is 0 Å². The van der Waals surface area contributed by atoms with Crippen molar-refractivity contribution in [3.8, 4) is 5.69 Å².